The first-order valence-corrected chi connectivity index (χ1v) is 12.4. The Morgan fingerprint density at radius 2 is 2.11 bits per heavy atom. The summed E-state index contributed by atoms with van der Waals surface area (Å²) in [7, 11) is 3.11. The summed E-state index contributed by atoms with van der Waals surface area (Å²) in [6.07, 6.45) is 3.21. The van der Waals surface area contributed by atoms with E-state index >= 15 is 0 Å². The number of halogens is 2. The Bertz CT molecular complexity index is 1270. The Morgan fingerprint density at radius 1 is 1.36 bits per heavy atom. The number of aryl methyl sites for hydroxylation is 2. The van der Waals surface area contributed by atoms with Gasteiger partial charge in [-0.1, -0.05) is 18.5 Å². The van der Waals surface area contributed by atoms with E-state index in [1.165, 1.54) is 13.2 Å². The molecule has 10 nitrogen and oxygen atoms in total. The van der Waals surface area contributed by atoms with Crippen LogP contribution in [0.15, 0.2) is 34.9 Å². The summed E-state index contributed by atoms with van der Waals surface area (Å²) in [5, 5.41) is 19.0. The van der Waals surface area contributed by atoms with E-state index in [9.17, 15) is 14.9 Å². The zero-order valence-corrected chi connectivity index (χ0v) is 22.7. The van der Waals surface area contributed by atoms with Gasteiger partial charge in [-0.3, -0.25) is 15.1 Å². The number of carbonyl (C=O) groups is 1. The fourth-order valence-corrected chi connectivity index (χ4v) is 4.21. The number of nitro groups is 1. The van der Waals surface area contributed by atoms with E-state index in [1.54, 1.807) is 43.0 Å². The zero-order valence-electron chi connectivity index (χ0n) is 20.4. The minimum atomic E-state index is -0.456. The predicted molar refractivity (Wildman–Crippen MR) is 141 cm³/mol. The normalized spacial score (nSPS) is 11.7. The van der Waals surface area contributed by atoms with Crippen LogP contribution in [-0.2, 0) is 11.8 Å². The number of nitrogens with zero attached hydrogens (tertiary/aromatic N) is 4. The maximum atomic E-state index is 12.0. The standard InChI is InChI=1S/C24H27BrClN5O5/c1-14(12-27-22-20(31(33)34)8-7-18(25)21(22)26)6-5-9-36-23-17(13-28-30(23)3)19-11-16(24(32)35-4)10-15(2)29-19/h7-8,10-11,13-14,27H,5-6,9,12H2,1-4H3/t14-/m1/s1. The van der Waals surface area contributed by atoms with Gasteiger partial charge in [0.15, 0.2) is 0 Å². The zero-order chi connectivity index (χ0) is 26.4. The molecule has 3 rings (SSSR count). The molecule has 0 fully saturated rings. The highest BCUT2D eigenvalue weighted by Gasteiger charge is 2.20. The summed E-state index contributed by atoms with van der Waals surface area (Å²) < 4.78 is 13.1. The summed E-state index contributed by atoms with van der Waals surface area (Å²) in [5.74, 6) is 0.312. The van der Waals surface area contributed by atoms with Gasteiger partial charge in [-0.05, 0) is 59.8 Å². The molecule has 0 bridgehead atoms. The molecule has 0 radical (unpaired) electrons. The first-order chi connectivity index (χ1) is 17.1. The van der Waals surface area contributed by atoms with Crippen LogP contribution in [-0.4, -0.2) is 45.9 Å². The molecule has 1 atom stereocenters. The second kappa shape index (κ2) is 12.2. The molecule has 12 heteroatoms. The van der Waals surface area contributed by atoms with E-state index in [4.69, 9.17) is 21.1 Å². The van der Waals surface area contributed by atoms with Crippen LogP contribution in [0, 0.1) is 23.0 Å². The number of esters is 1. The van der Waals surface area contributed by atoms with Crippen molar-refractivity contribution in [3.63, 3.8) is 0 Å². The van der Waals surface area contributed by atoms with Crippen molar-refractivity contribution in [3.05, 3.63) is 61.3 Å². The maximum absolute atomic E-state index is 12.0. The topological polar surface area (TPSA) is 121 Å². The summed E-state index contributed by atoms with van der Waals surface area (Å²) in [4.78, 5) is 27.4. The van der Waals surface area contributed by atoms with E-state index in [0.29, 0.717) is 51.7 Å². The van der Waals surface area contributed by atoms with E-state index in [1.807, 2.05) is 6.92 Å². The number of carbonyl (C=O) groups excluding carboxylic acids is 1. The van der Waals surface area contributed by atoms with Gasteiger partial charge in [-0.2, -0.15) is 5.10 Å². The van der Waals surface area contributed by atoms with Crippen molar-refractivity contribution in [2.75, 3.05) is 25.6 Å². The van der Waals surface area contributed by atoms with Gasteiger partial charge in [-0.15, -0.1) is 0 Å². The molecule has 2 heterocycles. The number of nitro benzene ring substituents is 1. The number of methoxy groups -OCH3 is 1. The van der Waals surface area contributed by atoms with Crippen LogP contribution in [0.4, 0.5) is 11.4 Å². The third-order valence-corrected chi connectivity index (χ3v) is 6.79. The third-order valence-electron chi connectivity index (χ3n) is 5.51. The molecule has 0 unspecified atom stereocenters. The summed E-state index contributed by atoms with van der Waals surface area (Å²) in [6, 6.07) is 6.29. The Labute approximate surface area is 222 Å². The molecule has 0 spiro atoms. The molecule has 1 N–H and O–H groups in total. The van der Waals surface area contributed by atoms with Gasteiger partial charge in [0.1, 0.15) is 5.69 Å². The summed E-state index contributed by atoms with van der Waals surface area (Å²) in [5.41, 5.74) is 2.57. The first kappa shape index (κ1) is 27.4. The van der Waals surface area contributed by atoms with Gasteiger partial charge in [0.2, 0.25) is 5.88 Å². The lowest BCUT2D eigenvalue weighted by Gasteiger charge is -2.15. The van der Waals surface area contributed by atoms with Gasteiger partial charge in [0.05, 0.1) is 46.7 Å². The molecule has 1 aromatic carbocycles. The second-order valence-corrected chi connectivity index (χ2v) is 9.58. The number of hydrogen-bond acceptors (Lipinski definition) is 8. The molecular formula is C24H27BrClN5O5. The largest absolute Gasteiger partial charge is 0.477 e. The molecule has 3 aromatic rings. The predicted octanol–water partition coefficient (Wildman–Crippen LogP) is 5.81. The lowest BCUT2D eigenvalue weighted by Crippen LogP contribution is -2.14. The fraction of sp³-hybridized carbons (Fsp3) is 0.375. The molecule has 0 aliphatic heterocycles. The molecular weight excluding hydrogens is 554 g/mol. The molecule has 0 amide bonds. The molecule has 0 aliphatic rings. The van der Waals surface area contributed by atoms with Crippen molar-refractivity contribution in [1.82, 2.24) is 14.8 Å². The monoisotopic (exact) mass is 579 g/mol. The van der Waals surface area contributed by atoms with E-state index in [2.05, 4.69) is 31.3 Å². The van der Waals surface area contributed by atoms with Crippen molar-refractivity contribution in [3.8, 4) is 17.1 Å². The van der Waals surface area contributed by atoms with Gasteiger partial charge in [0, 0.05) is 29.8 Å². The van der Waals surface area contributed by atoms with Gasteiger partial charge < -0.3 is 14.8 Å². The first-order valence-electron chi connectivity index (χ1n) is 11.2. The lowest BCUT2D eigenvalue weighted by atomic mass is 10.1. The molecule has 2 aromatic heterocycles. The number of aromatic nitrogens is 3. The quantitative estimate of drug-likeness (QED) is 0.131. The van der Waals surface area contributed by atoms with Gasteiger partial charge in [0.25, 0.3) is 5.69 Å². The van der Waals surface area contributed by atoms with Crippen LogP contribution in [0.1, 0.15) is 35.8 Å². The van der Waals surface area contributed by atoms with Crippen molar-refractivity contribution < 1.29 is 19.2 Å². The van der Waals surface area contributed by atoms with Crippen molar-refractivity contribution in [1.29, 1.82) is 0 Å². The lowest BCUT2D eigenvalue weighted by molar-refractivity contribution is -0.384. The average Bonchev–Trinajstić information content (AvgIpc) is 3.21. The molecule has 0 saturated heterocycles. The maximum Gasteiger partial charge on any atom is 0.337 e. The van der Waals surface area contributed by atoms with Crippen LogP contribution in [0.3, 0.4) is 0 Å². The van der Waals surface area contributed by atoms with Gasteiger partial charge >= 0.3 is 5.97 Å². The Balaban J connectivity index is 1.59. The van der Waals surface area contributed by atoms with Gasteiger partial charge in [-0.25, -0.2) is 9.48 Å². The minimum absolute atomic E-state index is 0.0671. The Hall–Kier alpha value is -3.18. The van der Waals surface area contributed by atoms with Crippen LogP contribution < -0.4 is 10.1 Å². The second-order valence-electron chi connectivity index (χ2n) is 8.35. The number of pyridine rings is 1. The van der Waals surface area contributed by atoms with Crippen LogP contribution in [0.5, 0.6) is 5.88 Å². The van der Waals surface area contributed by atoms with Crippen molar-refractivity contribution in [2.24, 2.45) is 13.0 Å². The number of benzene rings is 1. The minimum Gasteiger partial charge on any atom is -0.477 e. The SMILES string of the molecule is COC(=O)c1cc(C)nc(-c2cnn(C)c2OCCC[C@@H](C)CNc2c([N+](=O)[O-])ccc(Br)c2Cl)c1. The van der Waals surface area contributed by atoms with E-state index in [0.717, 1.165) is 12.8 Å². The van der Waals surface area contributed by atoms with Crippen LogP contribution in [0.2, 0.25) is 5.02 Å². The number of nitrogens with one attached hydrogen (secondary N) is 1. The smallest absolute Gasteiger partial charge is 0.337 e. The summed E-state index contributed by atoms with van der Waals surface area (Å²) in [6.45, 7) is 4.80. The van der Waals surface area contributed by atoms with Crippen molar-refractivity contribution >= 4 is 44.9 Å². The highest BCUT2D eigenvalue weighted by molar-refractivity contribution is 9.10. The van der Waals surface area contributed by atoms with E-state index in [-0.39, 0.29) is 16.6 Å². The number of anilines is 1. The van der Waals surface area contributed by atoms with Crippen LogP contribution in [0.25, 0.3) is 11.3 Å². The average molecular weight is 581 g/mol. The number of rotatable bonds is 11. The summed E-state index contributed by atoms with van der Waals surface area (Å²) >= 11 is 9.57. The molecule has 0 saturated carbocycles. The fourth-order valence-electron chi connectivity index (χ4n) is 3.66. The molecule has 0 aliphatic carbocycles. The highest BCUT2D eigenvalue weighted by atomic mass is 79.9. The van der Waals surface area contributed by atoms with Crippen LogP contribution >= 0.6 is 27.5 Å². The Morgan fingerprint density at radius 3 is 2.81 bits per heavy atom. The van der Waals surface area contributed by atoms with E-state index < -0.39 is 10.9 Å². The number of hydrogen-bond donors (Lipinski definition) is 1. The Kier molecular flexibility index (Phi) is 9.27. The molecule has 36 heavy (non-hydrogen) atoms. The van der Waals surface area contributed by atoms with Crippen molar-refractivity contribution in [2.45, 2.75) is 26.7 Å². The highest BCUT2D eigenvalue weighted by Crippen LogP contribution is 2.38. The molecule has 192 valence electrons. The number of ether oxygens (including phenoxy) is 2. The third kappa shape index (κ3) is 6.52.